The normalized spacial score (nSPS) is 17.5. The Morgan fingerprint density at radius 2 is 2.24 bits per heavy atom. The molecule has 96 valence electrons. The monoisotopic (exact) mass is 239 g/mol. The summed E-state index contributed by atoms with van der Waals surface area (Å²) in [6, 6.07) is 0. The smallest absolute Gasteiger partial charge is 0.146 e. The second-order valence-corrected chi connectivity index (χ2v) is 4.34. The van der Waals surface area contributed by atoms with Crippen LogP contribution < -0.4 is 5.32 Å². The van der Waals surface area contributed by atoms with Crippen LogP contribution in [0.15, 0.2) is 6.33 Å². The van der Waals surface area contributed by atoms with Gasteiger partial charge in [-0.05, 0) is 19.5 Å². The minimum atomic E-state index is 0.791. The van der Waals surface area contributed by atoms with Crippen molar-refractivity contribution in [3.8, 4) is 0 Å². The fourth-order valence-corrected chi connectivity index (χ4v) is 1.92. The molecule has 0 atom stereocenters. The average Bonchev–Trinajstić information content (AvgIpc) is 2.76. The number of nitrogens with zero attached hydrogens (tertiary/aromatic N) is 4. The third-order valence-corrected chi connectivity index (χ3v) is 3.02. The molecular formula is C11H21N5O. The number of morpholine rings is 1. The lowest BCUT2D eigenvalue weighted by Gasteiger charge is -2.26. The quantitative estimate of drug-likeness (QED) is 0.686. The second-order valence-electron chi connectivity index (χ2n) is 4.34. The molecule has 0 radical (unpaired) electrons. The number of aromatic nitrogens is 3. The van der Waals surface area contributed by atoms with Crippen LogP contribution >= 0.6 is 0 Å². The van der Waals surface area contributed by atoms with Crippen molar-refractivity contribution < 1.29 is 4.74 Å². The summed E-state index contributed by atoms with van der Waals surface area (Å²) in [6.45, 7) is 6.87. The van der Waals surface area contributed by atoms with Gasteiger partial charge in [-0.1, -0.05) is 0 Å². The zero-order valence-electron chi connectivity index (χ0n) is 10.4. The third-order valence-electron chi connectivity index (χ3n) is 3.02. The van der Waals surface area contributed by atoms with Crippen LogP contribution in [0.2, 0.25) is 0 Å². The number of nitrogens with one attached hydrogen (secondary N) is 1. The molecule has 17 heavy (non-hydrogen) atoms. The highest BCUT2D eigenvalue weighted by molar-refractivity contribution is 4.82. The van der Waals surface area contributed by atoms with Crippen LogP contribution in [0, 0.1) is 0 Å². The summed E-state index contributed by atoms with van der Waals surface area (Å²) in [7, 11) is 1.96. The Labute approximate surface area is 102 Å². The molecule has 1 saturated heterocycles. The summed E-state index contributed by atoms with van der Waals surface area (Å²) in [6.07, 6.45) is 2.89. The highest BCUT2D eigenvalue weighted by atomic mass is 16.5. The molecule has 1 aliphatic rings. The molecular weight excluding hydrogens is 218 g/mol. The second kappa shape index (κ2) is 6.68. The Morgan fingerprint density at radius 1 is 1.41 bits per heavy atom. The largest absolute Gasteiger partial charge is 0.379 e. The maximum atomic E-state index is 5.31. The molecule has 6 nitrogen and oxygen atoms in total. The highest BCUT2D eigenvalue weighted by Crippen LogP contribution is 1.97. The van der Waals surface area contributed by atoms with Crippen LogP contribution in [0.1, 0.15) is 12.2 Å². The van der Waals surface area contributed by atoms with Crippen molar-refractivity contribution in [2.24, 2.45) is 7.05 Å². The fraction of sp³-hybridized carbons (Fsp3) is 0.818. The van der Waals surface area contributed by atoms with Gasteiger partial charge >= 0.3 is 0 Å². The maximum absolute atomic E-state index is 5.31. The van der Waals surface area contributed by atoms with E-state index in [1.54, 1.807) is 6.33 Å². The molecule has 1 N–H and O–H groups in total. The number of hydrogen-bond donors (Lipinski definition) is 1. The van der Waals surface area contributed by atoms with E-state index in [1.165, 1.54) is 0 Å². The molecule has 2 rings (SSSR count). The lowest BCUT2D eigenvalue weighted by molar-refractivity contribution is 0.0374. The molecule has 2 heterocycles. The van der Waals surface area contributed by atoms with Gasteiger partial charge < -0.3 is 14.6 Å². The standard InChI is InChI=1S/C11H21N5O/c1-15-10-13-14-11(15)9-12-3-2-4-16-5-7-17-8-6-16/h10,12H,2-9H2,1H3. The Kier molecular flexibility index (Phi) is 4.90. The van der Waals surface area contributed by atoms with Crippen LogP contribution in [0.3, 0.4) is 0 Å². The average molecular weight is 239 g/mol. The van der Waals surface area contributed by atoms with Crippen molar-refractivity contribution in [3.63, 3.8) is 0 Å². The topological polar surface area (TPSA) is 55.2 Å². The van der Waals surface area contributed by atoms with Gasteiger partial charge in [0.15, 0.2) is 0 Å². The maximum Gasteiger partial charge on any atom is 0.146 e. The summed E-state index contributed by atoms with van der Waals surface area (Å²) in [5.41, 5.74) is 0. The van der Waals surface area contributed by atoms with Crippen molar-refractivity contribution in [2.75, 3.05) is 39.4 Å². The summed E-state index contributed by atoms with van der Waals surface area (Å²) < 4.78 is 7.25. The zero-order chi connectivity index (χ0) is 11.9. The fourth-order valence-electron chi connectivity index (χ4n) is 1.92. The van der Waals surface area contributed by atoms with Crippen molar-refractivity contribution in [2.45, 2.75) is 13.0 Å². The molecule has 0 amide bonds. The van der Waals surface area contributed by atoms with Gasteiger partial charge in [0, 0.05) is 20.1 Å². The van der Waals surface area contributed by atoms with Crippen LogP contribution in [-0.4, -0.2) is 59.1 Å². The highest BCUT2D eigenvalue weighted by Gasteiger charge is 2.08. The summed E-state index contributed by atoms with van der Waals surface area (Å²) in [4.78, 5) is 2.45. The van der Waals surface area contributed by atoms with E-state index in [9.17, 15) is 0 Å². The van der Waals surface area contributed by atoms with Crippen LogP contribution in [-0.2, 0) is 18.3 Å². The van der Waals surface area contributed by atoms with Gasteiger partial charge in [0.2, 0.25) is 0 Å². The van der Waals surface area contributed by atoms with E-state index >= 15 is 0 Å². The minimum absolute atomic E-state index is 0.791. The number of hydrogen-bond acceptors (Lipinski definition) is 5. The molecule has 0 unspecified atom stereocenters. The van der Waals surface area contributed by atoms with Gasteiger partial charge in [0.1, 0.15) is 12.2 Å². The van der Waals surface area contributed by atoms with Crippen molar-refractivity contribution in [3.05, 3.63) is 12.2 Å². The summed E-state index contributed by atoms with van der Waals surface area (Å²) in [5.74, 6) is 0.983. The number of ether oxygens (including phenoxy) is 1. The minimum Gasteiger partial charge on any atom is -0.379 e. The summed E-state index contributed by atoms with van der Waals surface area (Å²) >= 11 is 0. The number of rotatable bonds is 6. The predicted molar refractivity (Wildman–Crippen MR) is 64.6 cm³/mol. The summed E-state index contributed by atoms with van der Waals surface area (Å²) in [5, 5.41) is 11.3. The van der Waals surface area contributed by atoms with Gasteiger partial charge in [0.25, 0.3) is 0 Å². The molecule has 1 aliphatic heterocycles. The molecule has 1 aromatic rings. The van der Waals surface area contributed by atoms with Crippen molar-refractivity contribution >= 4 is 0 Å². The third kappa shape index (κ3) is 4.07. The van der Waals surface area contributed by atoms with Gasteiger partial charge in [-0.15, -0.1) is 10.2 Å². The van der Waals surface area contributed by atoms with Gasteiger partial charge in [-0.2, -0.15) is 0 Å². The predicted octanol–water partition coefficient (Wildman–Crippen LogP) is -0.373. The van der Waals surface area contributed by atoms with E-state index < -0.39 is 0 Å². The van der Waals surface area contributed by atoms with E-state index in [4.69, 9.17) is 4.74 Å². The number of aryl methyl sites for hydroxylation is 1. The van der Waals surface area contributed by atoms with Gasteiger partial charge in [0.05, 0.1) is 19.8 Å². The van der Waals surface area contributed by atoms with E-state index in [0.717, 1.165) is 58.2 Å². The van der Waals surface area contributed by atoms with E-state index in [1.807, 2.05) is 11.6 Å². The Bertz CT molecular complexity index is 321. The van der Waals surface area contributed by atoms with E-state index in [0.29, 0.717) is 0 Å². The molecule has 0 spiro atoms. The lowest BCUT2D eigenvalue weighted by atomic mass is 10.3. The zero-order valence-corrected chi connectivity index (χ0v) is 10.4. The van der Waals surface area contributed by atoms with Crippen LogP contribution in [0.25, 0.3) is 0 Å². The first-order valence-corrected chi connectivity index (χ1v) is 6.20. The lowest BCUT2D eigenvalue weighted by Crippen LogP contribution is -2.37. The van der Waals surface area contributed by atoms with E-state index in [2.05, 4.69) is 20.4 Å². The molecule has 0 saturated carbocycles. The molecule has 0 aliphatic carbocycles. The molecule has 1 aromatic heterocycles. The van der Waals surface area contributed by atoms with Crippen LogP contribution in [0.4, 0.5) is 0 Å². The van der Waals surface area contributed by atoms with Crippen molar-refractivity contribution in [1.82, 2.24) is 25.0 Å². The first-order chi connectivity index (χ1) is 8.36. The van der Waals surface area contributed by atoms with Crippen molar-refractivity contribution in [1.29, 1.82) is 0 Å². The first-order valence-electron chi connectivity index (χ1n) is 6.20. The van der Waals surface area contributed by atoms with Crippen LogP contribution in [0.5, 0.6) is 0 Å². The molecule has 6 heteroatoms. The molecule has 1 fully saturated rings. The Morgan fingerprint density at radius 3 is 2.94 bits per heavy atom. The Balaban J connectivity index is 1.53. The van der Waals surface area contributed by atoms with Gasteiger partial charge in [-0.3, -0.25) is 4.90 Å². The molecule has 0 bridgehead atoms. The first kappa shape index (κ1) is 12.5. The van der Waals surface area contributed by atoms with E-state index in [-0.39, 0.29) is 0 Å². The Hall–Kier alpha value is -0.980. The van der Waals surface area contributed by atoms with Gasteiger partial charge in [-0.25, -0.2) is 0 Å². The molecule has 0 aromatic carbocycles. The SMILES string of the molecule is Cn1cnnc1CNCCCN1CCOCC1.